The molecule has 1 amide bonds. The van der Waals surface area contributed by atoms with Crippen LogP contribution in [0.1, 0.15) is 12.0 Å². The maximum Gasteiger partial charge on any atom is 0.387 e. The van der Waals surface area contributed by atoms with Gasteiger partial charge in [0.2, 0.25) is 11.7 Å². The molecule has 0 unspecified atom stereocenters. The number of rotatable bonds is 7. The minimum atomic E-state index is -3.17. The highest BCUT2D eigenvalue weighted by molar-refractivity contribution is 7.91. The smallest absolute Gasteiger partial charge is 0.387 e. The van der Waals surface area contributed by atoms with Gasteiger partial charge in [-0.2, -0.15) is 13.9 Å². The van der Waals surface area contributed by atoms with Crippen molar-refractivity contribution >= 4 is 22.0 Å². The van der Waals surface area contributed by atoms with E-state index in [0.717, 1.165) is 0 Å². The molecule has 1 aromatic rings. The van der Waals surface area contributed by atoms with E-state index >= 15 is 0 Å². The molecule has 0 radical (unpaired) electrons. The number of methoxy groups -OCH3 is 2. The van der Waals surface area contributed by atoms with Crippen molar-refractivity contribution in [1.29, 1.82) is 0 Å². The van der Waals surface area contributed by atoms with Crippen molar-refractivity contribution in [2.45, 2.75) is 13.0 Å². The van der Waals surface area contributed by atoms with Crippen LogP contribution in [0.15, 0.2) is 17.2 Å². The molecule has 1 saturated heterocycles. The van der Waals surface area contributed by atoms with Gasteiger partial charge in [-0.3, -0.25) is 4.79 Å². The largest absolute Gasteiger partial charge is 0.493 e. The van der Waals surface area contributed by atoms with Crippen molar-refractivity contribution in [2.75, 3.05) is 25.7 Å². The molecule has 2 rings (SSSR count). The Hall–Kier alpha value is -2.43. The molecule has 1 heterocycles. The first-order valence-corrected chi connectivity index (χ1v) is 9.32. The molecular weight excluding hydrogens is 374 g/mol. The molecule has 0 bridgehead atoms. The summed E-state index contributed by atoms with van der Waals surface area (Å²) in [5.74, 6) is -1.62. The van der Waals surface area contributed by atoms with Crippen LogP contribution in [0.4, 0.5) is 8.78 Å². The summed E-state index contributed by atoms with van der Waals surface area (Å²) in [5, 5.41) is 3.76. The van der Waals surface area contributed by atoms with E-state index in [2.05, 4.69) is 15.3 Å². The number of carbonyl (C=O) groups is 1. The third kappa shape index (κ3) is 5.04. The SMILES string of the molecule is COc1cc(/C=N\NC(=O)[C@H]2CCS(=O)(=O)C2)cc(OC)c1OC(F)F. The second-order valence-electron chi connectivity index (χ2n) is 5.47. The Bertz CT molecular complexity index is 772. The van der Waals surface area contributed by atoms with E-state index in [-0.39, 0.29) is 35.2 Å². The fourth-order valence-electron chi connectivity index (χ4n) is 2.44. The van der Waals surface area contributed by atoms with Crippen LogP contribution in [0.5, 0.6) is 17.2 Å². The summed E-state index contributed by atoms with van der Waals surface area (Å²) < 4.78 is 62.2. The van der Waals surface area contributed by atoms with Gasteiger partial charge < -0.3 is 14.2 Å². The Morgan fingerprint density at radius 3 is 2.38 bits per heavy atom. The van der Waals surface area contributed by atoms with Gasteiger partial charge in [0.15, 0.2) is 21.3 Å². The van der Waals surface area contributed by atoms with Gasteiger partial charge in [0.05, 0.1) is 37.9 Å². The van der Waals surface area contributed by atoms with Gasteiger partial charge in [-0.05, 0) is 18.6 Å². The number of carbonyl (C=O) groups excluding carboxylic acids is 1. The van der Waals surface area contributed by atoms with Gasteiger partial charge in [0, 0.05) is 5.56 Å². The third-order valence-corrected chi connectivity index (χ3v) is 5.45. The summed E-state index contributed by atoms with van der Waals surface area (Å²) in [5.41, 5.74) is 2.65. The van der Waals surface area contributed by atoms with Crippen LogP contribution >= 0.6 is 0 Å². The molecule has 0 saturated carbocycles. The molecule has 0 spiro atoms. The van der Waals surface area contributed by atoms with E-state index < -0.39 is 28.3 Å². The van der Waals surface area contributed by atoms with Crippen molar-refractivity contribution in [1.82, 2.24) is 5.43 Å². The van der Waals surface area contributed by atoms with Gasteiger partial charge >= 0.3 is 6.61 Å². The molecule has 0 aromatic heterocycles. The van der Waals surface area contributed by atoms with Gasteiger partial charge in [-0.1, -0.05) is 0 Å². The highest BCUT2D eigenvalue weighted by Gasteiger charge is 2.32. The Kier molecular flexibility index (Phi) is 6.35. The number of hydrazone groups is 1. The van der Waals surface area contributed by atoms with Gasteiger partial charge in [-0.15, -0.1) is 0 Å². The summed E-state index contributed by atoms with van der Waals surface area (Å²) in [6.45, 7) is -3.06. The zero-order valence-corrected chi connectivity index (χ0v) is 14.9. The van der Waals surface area contributed by atoms with E-state index in [0.29, 0.717) is 5.56 Å². The molecule has 1 aliphatic heterocycles. The highest BCUT2D eigenvalue weighted by atomic mass is 32.2. The molecule has 11 heteroatoms. The number of nitrogens with zero attached hydrogens (tertiary/aromatic N) is 1. The molecule has 1 aliphatic rings. The van der Waals surface area contributed by atoms with Crippen molar-refractivity contribution in [3.8, 4) is 17.2 Å². The molecule has 1 aromatic carbocycles. The molecule has 26 heavy (non-hydrogen) atoms. The molecule has 1 fully saturated rings. The lowest BCUT2D eigenvalue weighted by molar-refractivity contribution is -0.124. The summed E-state index contributed by atoms with van der Waals surface area (Å²) in [6, 6.07) is 2.74. The second kappa shape index (κ2) is 8.30. The first-order valence-electron chi connectivity index (χ1n) is 7.50. The maximum atomic E-state index is 12.5. The summed E-state index contributed by atoms with van der Waals surface area (Å²) in [7, 11) is -0.623. The Balaban J connectivity index is 2.11. The Labute approximate surface area is 149 Å². The maximum absolute atomic E-state index is 12.5. The number of nitrogens with one attached hydrogen (secondary N) is 1. The second-order valence-corrected chi connectivity index (χ2v) is 7.70. The van der Waals surface area contributed by atoms with Crippen LogP contribution in [-0.4, -0.2) is 52.9 Å². The average Bonchev–Trinajstić information content (AvgIpc) is 2.95. The molecule has 1 N–H and O–H groups in total. The minimum absolute atomic E-state index is 0.000636. The molecule has 144 valence electrons. The Morgan fingerprint density at radius 1 is 1.31 bits per heavy atom. The fraction of sp³-hybridized carbons (Fsp3) is 0.467. The molecule has 0 aliphatic carbocycles. The average molecular weight is 392 g/mol. The number of hydrogen-bond donors (Lipinski definition) is 1. The van der Waals surface area contributed by atoms with E-state index in [4.69, 9.17) is 9.47 Å². The number of halogens is 2. The summed E-state index contributed by atoms with van der Waals surface area (Å²) in [6.07, 6.45) is 1.50. The lowest BCUT2D eigenvalue weighted by atomic mass is 10.1. The normalized spacial score (nSPS) is 18.9. The van der Waals surface area contributed by atoms with Crippen LogP contribution in [0.2, 0.25) is 0 Å². The number of benzene rings is 1. The third-order valence-electron chi connectivity index (χ3n) is 3.68. The monoisotopic (exact) mass is 392 g/mol. The quantitative estimate of drug-likeness (QED) is 0.552. The first kappa shape index (κ1) is 19.9. The fourth-order valence-corrected chi connectivity index (χ4v) is 4.18. The van der Waals surface area contributed by atoms with Crippen molar-refractivity contribution < 1.29 is 36.2 Å². The summed E-state index contributed by atoms with van der Waals surface area (Å²) in [4.78, 5) is 11.9. The topological polar surface area (TPSA) is 103 Å². The van der Waals surface area contributed by atoms with Gasteiger partial charge in [-0.25, -0.2) is 13.8 Å². The molecule has 8 nitrogen and oxygen atoms in total. The van der Waals surface area contributed by atoms with Crippen LogP contribution in [0.25, 0.3) is 0 Å². The van der Waals surface area contributed by atoms with Gasteiger partial charge in [0.1, 0.15) is 0 Å². The van der Waals surface area contributed by atoms with E-state index in [1.807, 2.05) is 0 Å². The van der Waals surface area contributed by atoms with Crippen molar-refractivity contribution in [3.63, 3.8) is 0 Å². The van der Waals surface area contributed by atoms with Crippen LogP contribution in [-0.2, 0) is 14.6 Å². The zero-order valence-electron chi connectivity index (χ0n) is 14.1. The van der Waals surface area contributed by atoms with Crippen LogP contribution in [0.3, 0.4) is 0 Å². The van der Waals surface area contributed by atoms with E-state index in [1.165, 1.54) is 32.6 Å². The summed E-state index contributed by atoms with van der Waals surface area (Å²) >= 11 is 0. The van der Waals surface area contributed by atoms with Crippen molar-refractivity contribution in [3.05, 3.63) is 17.7 Å². The predicted molar refractivity (Wildman–Crippen MR) is 88.7 cm³/mol. The van der Waals surface area contributed by atoms with Crippen molar-refractivity contribution in [2.24, 2.45) is 11.0 Å². The molecular formula is C15H18F2N2O6S. The number of hydrogen-bond acceptors (Lipinski definition) is 7. The predicted octanol–water partition coefficient (Wildman–Crippen LogP) is 1.19. The standard InChI is InChI=1S/C15H18F2N2O6S/c1-23-11-5-9(6-12(24-2)13(11)25-15(16)17)7-18-19-14(20)10-3-4-26(21,22)8-10/h5-7,10,15H,3-4,8H2,1-2H3,(H,19,20)/b18-7-/t10-/m0/s1. The molecule has 1 atom stereocenters. The van der Waals surface area contributed by atoms with Crippen LogP contribution in [0, 0.1) is 5.92 Å². The van der Waals surface area contributed by atoms with Gasteiger partial charge in [0.25, 0.3) is 0 Å². The number of amides is 1. The lowest BCUT2D eigenvalue weighted by Crippen LogP contribution is -2.27. The number of sulfone groups is 1. The minimum Gasteiger partial charge on any atom is -0.493 e. The first-order chi connectivity index (χ1) is 12.3. The number of ether oxygens (including phenoxy) is 3. The lowest BCUT2D eigenvalue weighted by Gasteiger charge is -2.14. The number of alkyl halides is 2. The van der Waals surface area contributed by atoms with E-state index in [1.54, 1.807) is 0 Å². The zero-order chi connectivity index (χ0) is 19.3. The van der Waals surface area contributed by atoms with Crippen LogP contribution < -0.4 is 19.6 Å². The van der Waals surface area contributed by atoms with E-state index in [9.17, 15) is 22.0 Å². The highest BCUT2D eigenvalue weighted by Crippen LogP contribution is 2.39. The Morgan fingerprint density at radius 2 is 1.92 bits per heavy atom.